The van der Waals surface area contributed by atoms with Crippen LogP contribution in [0.25, 0.3) is 0 Å². The minimum atomic E-state index is -0.418. The fourth-order valence-corrected chi connectivity index (χ4v) is 3.65. The van der Waals surface area contributed by atoms with Gasteiger partial charge >= 0.3 is 0 Å². The number of nitro groups is 1. The maximum Gasteiger partial charge on any atom is 0.269 e. The van der Waals surface area contributed by atoms with Crippen molar-refractivity contribution in [1.82, 2.24) is 4.98 Å². The van der Waals surface area contributed by atoms with Gasteiger partial charge in [-0.25, -0.2) is 4.98 Å². The Labute approximate surface area is 178 Å². The molecule has 0 spiro atoms. The molecule has 156 valence electrons. The van der Waals surface area contributed by atoms with E-state index in [1.807, 2.05) is 30.3 Å². The molecule has 7 nitrogen and oxygen atoms in total. The van der Waals surface area contributed by atoms with Crippen LogP contribution in [0, 0.1) is 10.1 Å². The molecule has 0 unspecified atom stereocenters. The highest BCUT2D eigenvalue weighted by molar-refractivity contribution is 7.15. The summed E-state index contributed by atoms with van der Waals surface area (Å²) < 4.78 is 5.55. The van der Waals surface area contributed by atoms with Crippen molar-refractivity contribution in [2.24, 2.45) is 0 Å². The van der Waals surface area contributed by atoms with Crippen LogP contribution in [0.5, 0.6) is 5.75 Å². The van der Waals surface area contributed by atoms with Gasteiger partial charge in [-0.2, -0.15) is 0 Å². The van der Waals surface area contributed by atoms with Crippen LogP contribution in [-0.4, -0.2) is 22.4 Å². The van der Waals surface area contributed by atoms with Gasteiger partial charge in [0.05, 0.1) is 4.92 Å². The number of hydrogen-bond acceptors (Lipinski definition) is 6. The second kappa shape index (κ2) is 9.04. The maximum atomic E-state index is 12.2. The second-order valence-corrected chi connectivity index (χ2v) is 8.96. The first kappa shape index (κ1) is 21.4. The van der Waals surface area contributed by atoms with E-state index in [0.717, 1.165) is 10.4 Å². The number of rotatable bonds is 7. The third-order valence-electron chi connectivity index (χ3n) is 4.39. The monoisotopic (exact) mass is 425 g/mol. The quantitative estimate of drug-likeness (QED) is 0.427. The summed E-state index contributed by atoms with van der Waals surface area (Å²) in [6.07, 6.45) is 2.16. The number of non-ortho nitro benzene ring substituents is 1. The molecule has 0 aliphatic rings. The summed E-state index contributed by atoms with van der Waals surface area (Å²) in [5.74, 6) is 0.329. The number of carbonyl (C=O) groups is 1. The van der Waals surface area contributed by atoms with E-state index in [9.17, 15) is 14.9 Å². The number of benzene rings is 2. The van der Waals surface area contributed by atoms with E-state index in [2.05, 4.69) is 31.1 Å². The van der Waals surface area contributed by atoms with Gasteiger partial charge in [0.2, 0.25) is 0 Å². The number of ether oxygens (including phenoxy) is 1. The van der Waals surface area contributed by atoms with E-state index in [-0.39, 0.29) is 23.6 Å². The SMILES string of the molecule is CC(C)(C)c1ccc(OCC(=O)Nc2ncc(Cc3cccc([N+](=O)[O-])c3)s2)cc1. The van der Waals surface area contributed by atoms with Crippen molar-refractivity contribution in [3.05, 3.63) is 80.8 Å². The summed E-state index contributed by atoms with van der Waals surface area (Å²) in [4.78, 5) is 27.7. The van der Waals surface area contributed by atoms with Crippen molar-refractivity contribution < 1.29 is 14.5 Å². The lowest BCUT2D eigenvalue weighted by molar-refractivity contribution is -0.384. The van der Waals surface area contributed by atoms with Crippen molar-refractivity contribution in [2.75, 3.05) is 11.9 Å². The summed E-state index contributed by atoms with van der Waals surface area (Å²) in [5.41, 5.74) is 2.12. The molecule has 0 fully saturated rings. The second-order valence-electron chi connectivity index (χ2n) is 7.85. The van der Waals surface area contributed by atoms with Crippen molar-refractivity contribution in [3.63, 3.8) is 0 Å². The van der Waals surface area contributed by atoms with Crippen molar-refractivity contribution in [2.45, 2.75) is 32.6 Å². The summed E-state index contributed by atoms with van der Waals surface area (Å²) in [7, 11) is 0. The summed E-state index contributed by atoms with van der Waals surface area (Å²) >= 11 is 1.33. The van der Waals surface area contributed by atoms with E-state index >= 15 is 0 Å². The predicted octanol–water partition coefficient (Wildman–Crippen LogP) is 4.96. The van der Waals surface area contributed by atoms with Crippen molar-refractivity contribution in [3.8, 4) is 5.75 Å². The number of nitrogens with one attached hydrogen (secondary N) is 1. The molecule has 8 heteroatoms. The molecule has 0 bridgehead atoms. The Morgan fingerprint density at radius 3 is 2.60 bits per heavy atom. The van der Waals surface area contributed by atoms with Gasteiger partial charge in [0.15, 0.2) is 11.7 Å². The van der Waals surface area contributed by atoms with Gasteiger partial charge in [0, 0.05) is 29.6 Å². The molecule has 0 radical (unpaired) electrons. The number of nitro benzene ring substituents is 1. The van der Waals surface area contributed by atoms with Crippen LogP contribution in [-0.2, 0) is 16.6 Å². The molecule has 2 aromatic carbocycles. The van der Waals surface area contributed by atoms with Crippen molar-refractivity contribution in [1.29, 1.82) is 0 Å². The Morgan fingerprint density at radius 2 is 1.93 bits per heavy atom. The van der Waals surface area contributed by atoms with Gasteiger partial charge in [-0.3, -0.25) is 20.2 Å². The van der Waals surface area contributed by atoms with Crippen LogP contribution in [0.1, 0.15) is 36.8 Å². The number of nitrogens with zero attached hydrogens (tertiary/aromatic N) is 2. The number of aromatic nitrogens is 1. The van der Waals surface area contributed by atoms with Crippen LogP contribution in [0.4, 0.5) is 10.8 Å². The molecule has 0 aliphatic carbocycles. The Hall–Kier alpha value is -3.26. The average Bonchev–Trinajstić information content (AvgIpc) is 3.13. The zero-order valence-electron chi connectivity index (χ0n) is 17.0. The van der Waals surface area contributed by atoms with Crippen LogP contribution < -0.4 is 10.1 Å². The highest BCUT2D eigenvalue weighted by Gasteiger charge is 2.14. The normalized spacial score (nSPS) is 11.2. The number of anilines is 1. The molecule has 30 heavy (non-hydrogen) atoms. The van der Waals surface area contributed by atoms with E-state index in [1.165, 1.54) is 29.0 Å². The zero-order chi connectivity index (χ0) is 21.7. The van der Waals surface area contributed by atoms with Crippen LogP contribution in [0.2, 0.25) is 0 Å². The number of carbonyl (C=O) groups excluding carboxylic acids is 1. The van der Waals surface area contributed by atoms with Crippen LogP contribution in [0.15, 0.2) is 54.7 Å². The fraction of sp³-hybridized carbons (Fsp3) is 0.273. The molecule has 0 atom stereocenters. The molecule has 1 heterocycles. The Bertz CT molecular complexity index is 1040. The lowest BCUT2D eigenvalue weighted by Gasteiger charge is -2.19. The predicted molar refractivity (Wildman–Crippen MR) is 117 cm³/mol. The van der Waals surface area contributed by atoms with Gasteiger partial charge in [-0.1, -0.05) is 45.0 Å². The van der Waals surface area contributed by atoms with Gasteiger partial charge in [0.1, 0.15) is 5.75 Å². The van der Waals surface area contributed by atoms with Crippen LogP contribution in [0.3, 0.4) is 0 Å². The summed E-state index contributed by atoms with van der Waals surface area (Å²) in [5, 5.41) is 14.1. The Balaban J connectivity index is 1.52. The van der Waals surface area contributed by atoms with E-state index < -0.39 is 4.92 Å². The lowest BCUT2D eigenvalue weighted by Crippen LogP contribution is -2.20. The minimum absolute atomic E-state index is 0.0539. The number of thiazole rings is 1. The summed E-state index contributed by atoms with van der Waals surface area (Å²) in [6.45, 7) is 6.29. The largest absolute Gasteiger partial charge is 0.484 e. The van der Waals surface area contributed by atoms with Crippen LogP contribution >= 0.6 is 11.3 Å². The van der Waals surface area contributed by atoms with Gasteiger partial charge in [-0.05, 0) is 28.7 Å². The number of amides is 1. The summed E-state index contributed by atoms with van der Waals surface area (Å²) in [6, 6.07) is 14.2. The average molecular weight is 426 g/mol. The molecule has 3 rings (SSSR count). The smallest absolute Gasteiger partial charge is 0.269 e. The first-order valence-electron chi connectivity index (χ1n) is 9.42. The molecule has 1 aromatic heterocycles. The van der Waals surface area contributed by atoms with Gasteiger partial charge in [-0.15, -0.1) is 11.3 Å². The molecule has 0 aliphatic heterocycles. The third-order valence-corrected chi connectivity index (χ3v) is 5.30. The van der Waals surface area contributed by atoms with Crippen molar-refractivity contribution >= 4 is 28.1 Å². The topological polar surface area (TPSA) is 94.4 Å². The molecule has 0 saturated carbocycles. The minimum Gasteiger partial charge on any atom is -0.484 e. The maximum absolute atomic E-state index is 12.2. The molecule has 1 amide bonds. The molecule has 1 N–H and O–H groups in total. The Morgan fingerprint density at radius 1 is 1.20 bits per heavy atom. The first-order chi connectivity index (χ1) is 14.2. The molecular formula is C22H23N3O4S. The lowest BCUT2D eigenvalue weighted by atomic mass is 9.87. The van der Waals surface area contributed by atoms with Gasteiger partial charge < -0.3 is 4.74 Å². The third kappa shape index (κ3) is 5.87. The molecular weight excluding hydrogens is 402 g/mol. The fourth-order valence-electron chi connectivity index (χ4n) is 2.78. The molecule has 3 aromatic rings. The molecule has 0 saturated heterocycles. The Kier molecular flexibility index (Phi) is 6.47. The highest BCUT2D eigenvalue weighted by Crippen LogP contribution is 2.25. The van der Waals surface area contributed by atoms with E-state index in [1.54, 1.807) is 12.3 Å². The number of hydrogen-bond donors (Lipinski definition) is 1. The first-order valence-corrected chi connectivity index (χ1v) is 10.2. The standard InChI is InChI=1S/C22H23N3O4S/c1-22(2,3)16-7-9-18(10-8-16)29-14-20(26)24-21-23-13-19(30-21)12-15-5-4-6-17(11-15)25(27)28/h4-11,13H,12,14H2,1-3H3,(H,23,24,26). The van der Waals surface area contributed by atoms with Gasteiger partial charge in [0.25, 0.3) is 11.6 Å². The van der Waals surface area contributed by atoms with E-state index in [4.69, 9.17) is 4.74 Å². The highest BCUT2D eigenvalue weighted by atomic mass is 32.1. The van der Waals surface area contributed by atoms with E-state index in [0.29, 0.717) is 17.3 Å². The zero-order valence-corrected chi connectivity index (χ0v) is 17.9.